The zero-order valence-electron chi connectivity index (χ0n) is 11.1. The molecular formula is C15H14N4O. The number of nitrogens with zero attached hydrogens (tertiary/aromatic N) is 3. The molecule has 0 aliphatic heterocycles. The molecule has 0 aliphatic rings. The third-order valence-electron chi connectivity index (χ3n) is 3.10. The van der Waals surface area contributed by atoms with Gasteiger partial charge in [-0.25, -0.2) is 4.98 Å². The SMILES string of the molecule is Cc1nc(C(=O)NCc2ccccn2)c2ccccn12. The highest BCUT2D eigenvalue weighted by Gasteiger charge is 2.14. The lowest BCUT2D eigenvalue weighted by Crippen LogP contribution is -2.23. The van der Waals surface area contributed by atoms with Crippen molar-refractivity contribution in [1.29, 1.82) is 0 Å². The van der Waals surface area contributed by atoms with E-state index in [4.69, 9.17) is 0 Å². The molecule has 5 heteroatoms. The summed E-state index contributed by atoms with van der Waals surface area (Å²) >= 11 is 0. The standard InChI is InChI=1S/C15H14N4O/c1-11-18-14(13-7-3-5-9-19(11)13)15(20)17-10-12-6-2-4-8-16-12/h2-9H,10H2,1H3,(H,17,20). The molecule has 100 valence electrons. The average molecular weight is 266 g/mol. The lowest BCUT2D eigenvalue weighted by molar-refractivity contribution is 0.0947. The number of pyridine rings is 2. The molecule has 0 saturated carbocycles. The Labute approximate surface area is 116 Å². The van der Waals surface area contributed by atoms with Crippen LogP contribution in [0, 0.1) is 6.92 Å². The van der Waals surface area contributed by atoms with Crippen LogP contribution in [-0.2, 0) is 6.54 Å². The Bertz CT molecular complexity index is 749. The van der Waals surface area contributed by atoms with Crippen LogP contribution in [0.25, 0.3) is 5.52 Å². The first-order chi connectivity index (χ1) is 9.75. The fourth-order valence-corrected chi connectivity index (χ4v) is 2.12. The van der Waals surface area contributed by atoms with E-state index in [1.165, 1.54) is 0 Å². The van der Waals surface area contributed by atoms with Gasteiger partial charge in [-0.2, -0.15) is 0 Å². The van der Waals surface area contributed by atoms with E-state index < -0.39 is 0 Å². The molecule has 1 amide bonds. The molecule has 0 spiro atoms. The number of amides is 1. The van der Waals surface area contributed by atoms with E-state index in [1.807, 2.05) is 53.9 Å². The third kappa shape index (κ3) is 2.25. The van der Waals surface area contributed by atoms with Crippen molar-refractivity contribution >= 4 is 11.4 Å². The van der Waals surface area contributed by atoms with Gasteiger partial charge in [-0.1, -0.05) is 12.1 Å². The molecular weight excluding hydrogens is 252 g/mol. The van der Waals surface area contributed by atoms with Crippen molar-refractivity contribution in [2.75, 3.05) is 0 Å². The molecule has 3 rings (SSSR count). The molecule has 3 aromatic heterocycles. The fraction of sp³-hybridized carbons (Fsp3) is 0.133. The lowest BCUT2D eigenvalue weighted by Gasteiger charge is -2.03. The average Bonchev–Trinajstić information content (AvgIpc) is 2.84. The summed E-state index contributed by atoms with van der Waals surface area (Å²) in [6.07, 6.45) is 3.60. The van der Waals surface area contributed by atoms with Crippen molar-refractivity contribution in [1.82, 2.24) is 19.7 Å². The highest BCUT2D eigenvalue weighted by Crippen LogP contribution is 2.12. The van der Waals surface area contributed by atoms with Gasteiger partial charge >= 0.3 is 0 Å². The Morgan fingerprint density at radius 2 is 2.10 bits per heavy atom. The Morgan fingerprint density at radius 3 is 2.90 bits per heavy atom. The van der Waals surface area contributed by atoms with Crippen LogP contribution in [0.4, 0.5) is 0 Å². The number of nitrogens with one attached hydrogen (secondary N) is 1. The number of aromatic nitrogens is 3. The first-order valence-corrected chi connectivity index (χ1v) is 6.37. The zero-order chi connectivity index (χ0) is 13.9. The number of carbonyl (C=O) groups is 1. The summed E-state index contributed by atoms with van der Waals surface area (Å²) in [4.78, 5) is 20.7. The molecule has 3 aromatic rings. The van der Waals surface area contributed by atoms with Gasteiger partial charge in [0.15, 0.2) is 5.69 Å². The summed E-state index contributed by atoms with van der Waals surface area (Å²) in [5.74, 6) is 0.607. The number of rotatable bonds is 3. The van der Waals surface area contributed by atoms with Crippen LogP contribution in [-0.4, -0.2) is 20.3 Å². The summed E-state index contributed by atoms with van der Waals surface area (Å²) < 4.78 is 1.90. The Balaban J connectivity index is 1.83. The quantitative estimate of drug-likeness (QED) is 0.788. The van der Waals surface area contributed by atoms with Gasteiger partial charge < -0.3 is 9.72 Å². The van der Waals surface area contributed by atoms with Gasteiger partial charge in [0.2, 0.25) is 0 Å². The van der Waals surface area contributed by atoms with Gasteiger partial charge in [-0.15, -0.1) is 0 Å². The minimum Gasteiger partial charge on any atom is -0.345 e. The Kier molecular flexibility index (Phi) is 3.16. The summed E-state index contributed by atoms with van der Waals surface area (Å²) in [6.45, 7) is 2.27. The highest BCUT2D eigenvalue weighted by molar-refractivity contribution is 5.99. The van der Waals surface area contributed by atoms with E-state index in [-0.39, 0.29) is 5.91 Å². The summed E-state index contributed by atoms with van der Waals surface area (Å²) in [5, 5.41) is 2.84. The number of aryl methyl sites for hydroxylation is 1. The minimum atomic E-state index is -0.188. The Morgan fingerprint density at radius 1 is 1.25 bits per heavy atom. The largest absolute Gasteiger partial charge is 0.345 e. The van der Waals surface area contributed by atoms with Gasteiger partial charge in [-0.3, -0.25) is 9.78 Å². The van der Waals surface area contributed by atoms with Crippen molar-refractivity contribution in [3.63, 3.8) is 0 Å². The normalized spacial score (nSPS) is 10.7. The molecule has 0 aliphatic carbocycles. The van der Waals surface area contributed by atoms with Gasteiger partial charge in [0, 0.05) is 12.4 Å². The molecule has 20 heavy (non-hydrogen) atoms. The number of imidazole rings is 1. The summed E-state index contributed by atoms with van der Waals surface area (Å²) in [7, 11) is 0. The zero-order valence-corrected chi connectivity index (χ0v) is 11.1. The highest BCUT2D eigenvalue weighted by atomic mass is 16.1. The van der Waals surface area contributed by atoms with E-state index in [0.717, 1.165) is 17.0 Å². The maximum atomic E-state index is 12.2. The Hall–Kier alpha value is -2.69. The van der Waals surface area contributed by atoms with E-state index >= 15 is 0 Å². The van der Waals surface area contributed by atoms with E-state index in [0.29, 0.717) is 12.2 Å². The van der Waals surface area contributed by atoms with Crippen molar-refractivity contribution in [2.24, 2.45) is 0 Å². The van der Waals surface area contributed by atoms with Crippen molar-refractivity contribution in [2.45, 2.75) is 13.5 Å². The van der Waals surface area contributed by atoms with Crippen molar-refractivity contribution < 1.29 is 4.79 Å². The van der Waals surface area contributed by atoms with Crippen LogP contribution in [0.5, 0.6) is 0 Å². The number of fused-ring (bicyclic) bond motifs is 1. The molecule has 0 atom stereocenters. The smallest absolute Gasteiger partial charge is 0.272 e. The molecule has 0 radical (unpaired) electrons. The first kappa shape index (κ1) is 12.3. The van der Waals surface area contributed by atoms with Crippen LogP contribution >= 0.6 is 0 Å². The molecule has 0 fully saturated rings. The molecule has 5 nitrogen and oxygen atoms in total. The lowest BCUT2D eigenvalue weighted by atomic mass is 10.3. The number of hydrogen-bond acceptors (Lipinski definition) is 3. The number of carbonyl (C=O) groups excluding carboxylic acids is 1. The predicted molar refractivity (Wildman–Crippen MR) is 75.3 cm³/mol. The van der Waals surface area contributed by atoms with Gasteiger partial charge in [0.05, 0.1) is 17.8 Å². The molecule has 1 N–H and O–H groups in total. The van der Waals surface area contributed by atoms with Crippen LogP contribution in [0.1, 0.15) is 22.0 Å². The molecule has 3 heterocycles. The molecule has 0 aromatic carbocycles. The van der Waals surface area contributed by atoms with Crippen LogP contribution < -0.4 is 5.32 Å². The topological polar surface area (TPSA) is 59.3 Å². The van der Waals surface area contributed by atoms with Crippen LogP contribution in [0.2, 0.25) is 0 Å². The van der Waals surface area contributed by atoms with E-state index in [9.17, 15) is 4.79 Å². The van der Waals surface area contributed by atoms with Crippen molar-refractivity contribution in [3.05, 3.63) is 66.0 Å². The van der Waals surface area contributed by atoms with Crippen LogP contribution in [0.15, 0.2) is 48.8 Å². The second-order valence-electron chi connectivity index (χ2n) is 4.47. The predicted octanol–water partition coefficient (Wildman–Crippen LogP) is 1.97. The van der Waals surface area contributed by atoms with Gasteiger partial charge in [0.1, 0.15) is 5.82 Å². The van der Waals surface area contributed by atoms with E-state index in [2.05, 4.69) is 15.3 Å². The van der Waals surface area contributed by atoms with Crippen molar-refractivity contribution in [3.8, 4) is 0 Å². The van der Waals surface area contributed by atoms with E-state index in [1.54, 1.807) is 6.20 Å². The monoisotopic (exact) mass is 266 g/mol. The summed E-state index contributed by atoms with van der Waals surface area (Å²) in [6, 6.07) is 11.3. The maximum absolute atomic E-state index is 12.2. The first-order valence-electron chi connectivity index (χ1n) is 6.37. The van der Waals surface area contributed by atoms with Gasteiger partial charge in [-0.05, 0) is 31.2 Å². The maximum Gasteiger partial charge on any atom is 0.272 e. The molecule has 0 unspecified atom stereocenters. The van der Waals surface area contributed by atoms with Crippen LogP contribution in [0.3, 0.4) is 0 Å². The minimum absolute atomic E-state index is 0.188. The molecule has 0 saturated heterocycles. The number of hydrogen-bond donors (Lipinski definition) is 1. The second-order valence-corrected chi connectivity index (χ2v) is 4.47. The second kappa shape index (κ2) is 5.13. The molecule has 0 bridgehead atoms. The third-order valence-corrected chi connectivity index (χ3v) is 3.10. The van der Waals surface area contributed by atoms with Gasteiger partial charge in [0.25, 0.3) is 5.91 Å². The fourth-order valence-electron chi connectivity index (χ4n) is 2.12. The summed E-state index contributed by atoms with van der Waals surface area (Å²) in [5.41, 5.74) is 2.07.